The average Bonchev–Trinajstić information content (AvgIpc) is 3.40. The van der Waals surface area contributed by atoms with Gasteiger partial charge in [0.2, 0.25) is 0 Å². The zero-order chi connectivity index (χ0) is 23.0. The second-order valence-electron chi connectivity index (χ2n) is 6.60. The Kier molecular flexibility index (Phi) is 5.20. The second kappa shape index (κ2) is 8.00. The summed E-state index contributed by atoms with van der Waals surface area (Å²) < 4.78 is 0. The number of Topliss-reactive ketones (excluding diaryl/α,β-unsaturated/α-hetero) is 1. The Hall–Kier alpha value is -4.45. The first kappa shape index (κ1) is 20.8. The van der Waals surface area contributed by atoms with Crippen molar-refractivity contribution in [1.82, 2.24) is 4.98 Å². The van der Waals surface area contributed by atoms with E-state index in [0.29, 0.717) is 0 Å². The Bertz CT molecular complexity index is 1290. The third-order valence-electron chi connectivity index (χ3n) is 4.85. The van der Waals surface area contributed by atoms with Gasteiger partial charge in [-0.1, -0.05) is 12.1 Å². The first-order chi connectivity index (χ1) is 15.3. The summed E-state index contributed by atoms with van der Waals surface area (Å²) in [5.74, 6) is -2.67. The maximum absolute atomic E-state index is 13.0. The molecule has 2 heterocycles. The first-order valence-electron chi connectivity index (χ1n) is 9.00. The molecule has 1 aromatic heterocycles. The topological polar surface area (TPSA) is 157 Å². The van der Waals surface area contributed by atoms with Gasteiger partial charge in [-0.2, -0.15) is 0 Å². The minimum atomic E-state index is -1.32. The van der Waals surface area contributed by atoms with Crippen LogP contribution < -0.4 is 4.90 Å². The van der Waals surface area contributed by atoms with Gasteiger partial charge < -0.3 is 5.11 Å². The molecule has 1 amide bonds. The Morgan fingerprint density at radius 1 is 1.03 bits per heavy atom. The van der Waals surface area contributed by atoms with Crippen molar-refractivity contribution in [2.45, 2.75) is 6.04 Å². The molecule has 1 aliphatic rings. The van der Waals surface area contributed by atoms with E-state index in [9.17, 15) is 34.9 Å². The number of nitrogens with zero attached hydrogens (tertiary/aromatic N) is 4. The van der Waals surface area contributed by atoms with Gasteiger partial charge >= 0.3 is 5.91 Å². The summed E-state index contributed by atoms with van der Waals surface area (Å²) in [6, 6.07) is 8.95. The predicted molar refractivity (Wildman–Crippen MR) is 113 cm³/mol. The standard InChI is InChI=1S/C20H12N4O7S/c25-17(11-5-7-12(8-6-11)23(28)29)15-16(13-3-1-2-4-14(13)24(30)31)22(19(27)18(15)26)20-21-9-10-32-20/h1-10,16,25H/b17-15+/t16-/m0/s1. The van der Waals surface area contributed by atoms with Crippen LogP contribution in [0.2, 0.25) is 0 Å². The summed E-state index contributed by atoms with van der Waals surface area (Å²) in [6.45, 7) is 0. The second-order valence-corrected chi connectivity index (χ2v) is 7.48. The number of nitro groups is 2. The summed E-state index contributed by atoms with van der Waals surface area (Å²) in [7, 11) is 0. The number of carbonyl (C=O) groups is 2. The van der Waals surface area contributed by atoms with Crippen LogP contribution in [0.25, 0.3) is 5.76 Å². The number of aromatic nitrogens is 1. The fraction of sp³-hybridized carbons (Fsp3) is 0.0500. The number of para-hydroxylation sites is 1. The molecule has 32 heavy (non-hydrogen) atoms. The predicted octanol–water partition coefficient (Wildman–Crippen LogP) is 3.59. The van der Waals surface area contributed by atoms with Crippen LogP contribution >= 0.6 is 11.3 Å². The maximum Gasteiger partial charge on any atom is 0.301 e. The lowest BCUT2D eigenvalue weighted by atomic mass is 9.94. The van der Waals surface area contributed by atoms with Crippen LogP contribution in [0.3, 0.4) is 0 Å². The molecule has 1 atom stereocenters. The van der Waals surface area contributed by atoms with Gasteiger partial charge in [0.1, 0.15) is 11.8 Å². The highest BCUT2D eigenvalue weighted by Crippen LogP contribution is 2.45. The number of ketones is 1. The molecule has 12 heteroatoms. The Morgan fingerprint density at radius 3 is 2.31 bits per heavy atom. The van der Waals surface area contributed by atoms with E-state index in [1.54, 1.807) is 5.38 Å². The van der Waals surface area contributed by atoms with E-state index < -0.39 is 33.3 Å². The largest absolute Gasteiger partial charge is 0.507 e. The molecule has 1 saturated heterocycles. The molecule has 0 radical (unpaired) electrons. The molecule has 11 nitrogen and oxygen atoms in total. The van der Waals surface area contributed by atoms with Gasteiger partial charge in [-0.05, 0) is 18.2 Å². The highest BCUT2D eigenvalue weighted by Gasteiger charge is 2.49. The fourth-order valence-corrected chi connectivity index (χ4v) is 4.11. The zero-order valence-corrected chi connectivity index (χ0v) is 16.8. The molecule has 2 aromatic carbocycles. The minimum absolute atomic E-state index is 0.00959. The highest BCUT2D eigenvalue weighted by molar-refractivity contribution is 7.14. The molecular formula is C20H12N4O7S. The number of anilines is 1. The number of benzene rings is 2. The average molecular weight is 452 g/mol. The number of hydrogen-bond acceptors (Lipinski definition) is 9. The Balaban J connectivity index is 1.96. The number of amides is 1. The molecule has 0 saturated carbocycles. The molecule has 0 bridgehead atoms. The number of rotatable bonds is 5. The van der Waals surface area contributed by atoms with E-state index in [1.807, 2.05) is 0 Å². The van der Waals surface area contributed by atoms with Gasteiger partial charge in [-0.3, -0.25) is 34.7 Å². The van der Waals surface area contributed by atoms with Crippen LogP contribution in [0.1, 0.15) is 17.2 Å². The van der Waals surface area contributed by atoms with Crippen LogP contribution in [0.4, 0.5) is 16.5 Å². The molecule has 1 fully saturated rings. The zero-order valence-electron chi connectivity index (χ0n) is 15.9. The lowest BCUT2D eigenvalue weighted by molar-refractivity contribution is -0.385. The number of nitro benzene ring substituents is 2. The van der Waals surface area contributed by atoms with Gasteiger partial charge in [0.05, 0.1) is 21.0 Å². The normalized spacial score (nSPS) is 17.5. The van der Waals surface area contributed by atoms with Crippen molar-refractivity contribution >= 4 is 45.3 Å². The summed E-state index contributed by atoms with van der Waals surface area (Å²) in [6.07, 6.45) is 1.41. The minimum Gasteiger partial charge on any atom is -0.507 e. The van der Waals surface area contributed by atoms with E-state index in [2.05, 4.69) is 4.98 Å². The van der Waals surface area contributed by atoms with E-state index in [4.69, 9.17) is 0 Å². The van der Waals surface area contributed by atoms with E-state index in [-0.39, 0.29) is 33.2 Å². The highest BCUT2D eigenvalue weighted by atomic mass is 32.1. The number of thiazole rings is 1. The molecule has 0 unspecified atom stereocenters. The number of aliphatic hydroxyl groups excluding tert-OH is 1. The lowest BCUT2D eigenvalue weighted by Crippen LogP contribution is -2.29. The Morgan fingerprint density at radius 2 is 1.72 bits per heavy atom. The van der Waals surface area contributed by atoms with Crippen LogP contribution in [0.15, 0.2) is 65.7 Å². The molecule has 0 aliphatic carbocycles. The van der Waals surface area contributed by atoms with Crippen molar-refractivity contribution in [3.05, 3.63) is 97.0 Å². The number of aliphatic hydroxyl groups is 1. The van der Waals surface area contributed by atoms with E-state index >= 15 is 0 Å². The van der Waals surface area contributed by atoms with Gasteiger partial charge in [0.25, 0.3) is 17.2 Å². The fourth-order valence-electron chi connectivity index (χ4n) is 3.44. The van der Waals surface area contributed by atoms with Gasteiger partial charge in [-0.25, -0.2) is 4.98 Å². The first-order valence-corrected chi connectivity index (χ1v) is 9.88. The third kappa shape index (κ3) is 3.37. The SMILES string of the molecule is O=C1C(=O)N(c2nccs2)[C@@H](c2ccccc2[N+](=O)[O-])/C1=C(\O)c1ccc([N+](=O)[O-])cc1. The maximum atomic E-state index is 13.0. The van der Waals surface area contributed by atoms with Crippen molar-refractivity contribution in [1.29, 1.82) is 0 Å². The van der Waals surface area contributed by atoms with Crippen molar-refractivity contribution in [3.8, 4) is 0 Å². The van der Waals surface area contributed by atoms with Crippen molar-refractivity contribution in [2.75, 3.05) is 4.90 Å². The van der Waals surface area contributed by atoms with E-state index in [1.165, 1.54) is 42.6 Å². The van der Waals surface area contributed by atoms with Crippen LogP contribution in [-0.2, 0) is 9.59 Å². The monoisotopic (exact) mass is 452 g/mol. The number of carbonyl (C=O) groups excluding carboxylic acids is 2. The van der Waals surface area contributed by atoms with Crippen LogP contribution in [-0.4, -0.2) is 31.6 Å². The molecule has 1 aliphatic heterocycles. The molecule has 3 aromatic rings. The quantitative estimate of drug-likeness (QED) is 0.202. The van der Waals surface area contributed by atoms with Gasteiger partial charge in [0.15, 0.2) is 5.13 Å². The molecule has 0 spiro atoms. The molecule has 160 valence electrons. The van der Waals surface area contributed by atoms with E-state index in [0.717, 1.165) is 28.4 Å². The van der Waals surface area contributed by atoms with Crippen molar-refractivity contribution < 1.29 is 24.5 Å². The smallest absolute Gasteiger partial charge is 0.301 e. The summed E-state index contributed by atoms with van der Waals surface area (Å²) in [5, 5.41) is 35.2. The van der Waals surface area contributed by atoms with Crippen LogP contribution in [0.5, 0.6) is 0 Å². The molecule has 4 rings (SSSR count). The Labute approximate surface area is 183 Å². The number of hydrogen-bond donors (Lipinski definition) is 1. The number of non-ortho nitro benzene ring substituents is 1. The summed E-state index contributed by atoms with van der Waals surface area (Å²) >= 11 is 1.05. The van der Waals surface area contributed by atoms with Crippen molar-refractivity contribution in [2.24, 2.45) is 0 Å². The summed E-state index contributed by atoms with van der Waals surface area (Å²) in [4.78, 5) is 52.2. The lowest BCUT2D eigenvalue weighted by Gasteiger charge is -2.22. The molecular weight excluding hydrogens is 440 g/mol. The van der Waals surface area contributed by atoms with Crippen LogP contribution in [0, 0.1) is 20.2 Å². The van der Waals surface area contributed by atoms with Crippen molar-refractivity contribution in [3.63, 3.8) is 0 Å². The molecule has 1 N–H and O–H groups in total. The van der Waals surface area contributed by atoms with Gasteiger partial charge in [-0.15, -0.1) is 11.3 Å². The third-order valence-corrected chi connectivity index (χ3v) is 5.62. The summed E-state index contributed by atoms with van der Waals surface area (Å²) in [5.41, 5.74) is -0.921. The van der Waals surface area contributed by atoms with Gasteiger partial charge in [0, 0.05) is 35.3 Å².